The van der Waals surface area contributed by atoms with Crippen molar-refractivity contribution in [1.29, 1.82) is 0 Å². The van der Waals surface area contributed by atoms with Crippen LogP contribution in [0.1, 0.15) is 41.8 Å². The number of carbonyl (C=O) groups excluding carboxylic acids is 2. The molecule has 0 atom stereocenters. The topological polar surface area (TPSA) is 70.7 Å². The number of amides is 2. The van der Waals surface area contributed by atoms with E-state index in [-0.39, 0.29) is 24.4 Å². The second-order valence-electron chi connectivity index (χ2n) is 7.71. The third-order valence-electron chi connectivity index (χ3n) is 4.97. The highest BCUT2D eigenvalue weighted by Gasteiger charge is 2.24. The van der Waals surface area contributed by atoms with E-state index in [1.807, 2.05) is 62.1 Å². The van der Waals surface area contributed by atoms with Crippen LogP contribution in [-0.4, -0.2) is 38.1 Å². The number of benzene rings is 2. The van der Waals surface area contributed by atoms with Crippen molar-refractivity contribution < 1.29 is 14.3 Å². The molecule has 2 amide bonds. The Kier molecular flexibility index (Phi) is 6.42. The predicted octanol–water partition coefficient (Wildman–Crippen LogP) is 3.53. The quantitative estimate of drug-likeness (QED) is 0.785. The van der Waals surface area contributed by atoms with Crippen LogP contribution in [-0.2, 0) is 11.2 Å². The molecular formula is C23H29N3O3. The molecule has 2 aromatic rings. The summed E-state index contributed by atoms with van der Waals surface area (Å²) in [5.41, 5.74) is 4.38. The Hall–Kier alpha value is -3.02. The van der Waals surface area contributed by atoms with Gasteiger partial charge in [0.05, 0.1) is 19.3 Å². The van der Waals surface area contributed by atoms with Crippen LogP contribution in [0.15, 0.2) is 36.4 Å². The fourth-order valence-electron chi connectivity index (χ4n) is 3.70. The second-order valence-corrected chi connectivity index (χ2v) is 7.71. The minimum absolute atomic E-state index is 0.0624. The fraction of sp³-hybridized carbons (Fsp3) is 0.391. The van der Waals surface area contributed by atoms with Gasteiger partial charge in [-0.1, -0.05) is 12.1 Å². The Morgan fingerprint density at radius 2 is 2.00 bits per heavy atom. The summed E-state index contributed by atoms with van der Waals surface area (Å²) in [7, 11) is 1.59. The van der Waals surface area contributed by atoms with Crippen molar-refractivity contribution in [2.45, 2.75) is 39.7 Å². The van der Waals surface area contributed by atoms with E-state index >= 15 is 0 Å². The molecule has 154 valence electrons. The molecule has 2 aromatic carbocycles. The van der Waals surface area contributed by atoms with Crippen molar-refractivity contribution in [2.24, 2.45) is 0 Å². The Bertz CT molecular complexity index is 908. The van der Waals surface area contributed by atoms with Gasteiger partial charge in [0, 0.05) is 23.8 Å². The minimum atomic E-state index is -0.112. The number of aryl methyl sites for hydroxylation is 1. The number of nitrogens with zero attached hydrogens (tertiary/aromatic N) is 1. The molecule has 1 aliphatic rings. The van der Waals surface area contributed by atoms with Crippen LogP contribution in [0.2, 0.25) is 0 Å². The van der Waals surface area contributed by atoms with Crippen molar-refractivity contribution in [2.75, 3.05) is 30.4 Å². The van der Waals surface area contributed by atoms with Crippen molar-refractivity contribution in [3.63, 3.8) is 0 Å². The number of carbonyl (C=O) groups is 2. The van der Waals surface area contributed by atoms with Crippen LogP contribution in [0.4, 0.5) is 11.4 Å². The molecule has 0 saturated carbocycles. The number of fused-ring (bicyclic) bond motifs is 1. The first-order valence-electron chi connectivity index (χ1n) is 10.0. The van der Waals surface area contributed by atoms with Crippen LogP contribution >= 0.6 is 0 Å². The summed E-state index contributed by atoms with van der Waals surface area (Å²) in [6, 6.07) is 11.5. The van der Waals surface area contributed by atoms with Gasteiger partial charge in [-0.2, -0.15) is 0 Å². The minimum Gasteiger partial charge on any atom is -0.495 e. The summed E-state index contributed by atoms with van der Waals surface area (Å²) in [6.45, 7) is 6.87. The maximum absolute atomic E-state index is 12.7. The second kappa shape index (κ2) is 8.99. The number of hydrogen-bond donors (Lipinski definition) is 2. The molecule has 0 saturated heterocycles. The summed E-state index contributed by atoms with van der Waals surface area (Å²) in [5.74, 6) is 0.460. The fourth-order valence-corrected chi connectivity index (χ4v) is 3.70. The standard InChI is InChI=1S/C23H29N3O3/c1-15(2)24-23(28)18-7-5-9-20-17(18)8-6-12-26(20)14-22(27)25-19-13-16(3)10-11-21(19)29-4/h5,7,9-11,13,15H,6,8,12,14H2,1-4H3,(H,24,28)(H,25,27). The third kappa shape index (κ3) is 4.88. The zero-order valence-electron chi connectivity index (χ0n) is 17.5. The average molecular weight is 396 g/mol. The molecule has 0 bridgehead atoms. The lowest BCUT2D eigenvalue weighted by atomic mass is 9.95. The first kappa shape index (κ1) is 20.7. The lowest BCUT2D eigenvalue weighted by Crippen LogP contribution is -2.38. The van der Waals surface area contributed by atoms with E-state index in [0.29, 0.717) is 17.0 Å². The van der Waals surface area contributed by atoms with Crippen molar-refractivity contribution >= 4 is 23.2 Å². The maximum Gasteiger partial charge on any atom is 0.251 e. The normalized spacial score (nSPS) is 13.1. The molecule has 29 heavy (non-hydrogen) atoms. The number of rotatable bonds is 6. The van der Waals surface area contributed by atoms with E-state index in [9.17, 15) is 9.59 Å². The zero-order valence-corrected chi connectivity index (χ0v) is 17.5. The summed E-state index contributed by atoms with van der Waals surface area (Å²) < 4.78 is 5.35. The molecule has 0 aromatic heterocycles. The van der Waals surface area contributed by atoms with Gasteiger partial charge in [0.2, 0.25) is 5.91 Å². The van der Waals surface area contributed by atoms with E-state index in [1.165, 1.54) is 0 Å². The van der Waals surface area contributed by atoms with Crippen LogP contribution in [0.3, 0.4) is 0 Å². The van der Waals surface area contributed by atoms with Gasteiger partial charge in [0.1, 0.15) is 5.75 Å². The third-order valence-corrected chi connectivity index (χ3v) is 4.97. The highest BCUT2D eigenvalue weighted by molar-refractivity contribution is 5.99. The predicted molar refractivity (Wildman–Crippen MR) is 116 cm³/mol. The molecule has 0 spiro atoms. The van der Waals surface area contributed by atoms with Gasteiger partial charge in [-0.25, -0.2) is 0 Å². The van der Waals surface area contributed by atoms with Gasteiger partial charge in [0.25, 0.3) is 5.91 Å². The van der Waals surface area contributed by atoms with Crippen LogP contribution < -0.4 is 20.3 Å². The van der Waals surface area contributed by atoms with Gasteiger partial charge in [-0.05, 0) is 69.0 Å². The molecule has 3 rings (SSSR count). The van der Waals surface area contributed by atoms with Gasteiger partial charge in [0.15, 0.2) is 0 Å². The van der Waals surface area contributed by atoms with Crippen molar-refractivity contribution in [3.05, 3.63) is 53.1 Å². The molecule has 6 nitrogen and oxygen atoms in total. The van der Waals surface area contributed by atoms with E-state index < -0.39 is 0 Å². The number of nitrogens with one attached hydrogen (secondary N) is 2. The largest absolute Gasteiger partial charge is 0.495 e. The van der Waals surface area contributed by atoms with Crippen LogP contribution in [0.25, 0.3) is 0 Å². The number of methoxy groups -OCH3 is 1. The number of anilines is 2. The molecule has 1 aliphatic heterocycles. The van der Waals surface area contributed by atoms with E-state index in [0.717, 1.165) is 36.2 Å². The lowest BCUT2D eigenvalue weighted by Gasteiger charge is -2.32. The number of ether oxygens (including phenoxy) is 1. The van der Waals surface area contributed by atoms with Crippen LogP contribution in [0.5, 0.6) is 5.75 Å². The SMILES string of the molecule is COc1ccc(C)cc1NC(=O)CN1CCCc2c(C(=O)NC(C)C)cccc21. The Morgan fingerprint density at radius 3 is 2.72 bits per heavy atom. The molecule has 0 fully saturated rings. The van der Waals surface area contributed by atoms with Gasteiger partial charge < -0.3 is 20.3 Å². The van der Waals surface area contributed by atoms with E-state index in [2.05, 4.69) is 10.6 Å². The van der Waals surface area contributed by atoms with E-state index in [4.69, 9.17) is 4.74 Å². The molecule has 0 unspecified atom stereocenters. The summed E-state index contributed by atoms with van der Waals surface area (Å²) in [5, 5.41) is 5.92. The van der Waals surface area contributed by atoms with Gasteiger partial charge >= 0.3 is 0 Å². The van der Waals surface area contributed by atoms with Crippen molar-refractivity contribution in [1.82, 2.24) is 5.32 Å². The Morgan fingerprint density at radius 1 is 1.21 bits per heavy atom. The smallest absolute Gasteiger partial charge is 0.251 e. The molecular weight excluding hydrogens is 366 g/mol. The molecule has 1 heterocycles. The van der Waals surface area contributed by atoms with Gasteiger partial charge in [-0.3, -0.25) is 9.59 Å². The first-order valence-corrected chi connectivity index (χ1v) is 10.0. The molecule has 6 heteroatoms. The summed E-state index contributed by atoms with van der Waals surface area (Å²) in [6.07, 6.45) is 1.74. The molecule has 0 radical (unpaired) electrons. The molecule has 0 aliphatic carbocycles. The maximum atomic E-state index is 12.7. The molecule has 2 N–H and O–H groups in total. The number of hydrogen-bond acceptors (Lipinski definition) is 4. The lowest BCUT2D eigenvalue weighted by molar-refractivity contribution is -0.115. The summed E-state index contributed by atoms with van der Waals surface area (Å²) in [4.78, 5) is 27.4. The van der Waals surface area contributed by atoms with Gasteiger partial charge in [-0.15, -0.1) is 0 Å². The zero-order chi connectivity index (χ0) is 21.0. The first-order chi connectivity index (χ1) is 13.9. The highest BCUT2D eigenvalue weighted by Crippen LogP contribution is 2.30. The summed E-state index contributed by atoms with van der Waals surface area (Å²) >= 11 is 0. The van der Waals surface area contributed by atoms with Crippen LogP contribution in [0, 0.1) is 6.92 Å². The van der Waals surface area contributed by atoms with Crippen molar-refractivity contribution in [3.8, 4) is 5.75 Å². The Balaban J connectivity index is 1.78. The highest BCUT2D eigenvalue weighted by atomic mass is 16.5. The van der Waals surface area contributed by atoms with E-state index in [1.54, 1.807) is 7.11 Å². The Labute approximate surface area is 172 Å². The monoisotopic (exact) mass is 395 g/mol. The average Bonchev–Trinajstić information content (AvgIpc) is 2.67.